The van der Waals surface area contributed by atoms with E-state index in [1.807, 2.05) is 0 Å². The molecule has 1 fully saturated rings. The number of carboxylic acids is 1. The molecule has 2 amide bonds. The fourth-order valence-electron chi connectivity index (χ4n) is 2.08. The number of likely N-dealkylation sites (N-methyl/N-ethyl adjacent to an activating group) is 1. The molecule has 0 spiro atoms. The van der Waals surface area contributed by atoms with Crippen LogP contribution in [-0.2, 0) is 9.53 Å². The maximum Gasteiger partial charge on any atom is 0.320 e. The first kappa shape index (κ1) is 16.6. The molecule has 1 aliphatic rings. The summed E-state index contributed by atoms with van der Waals surface area (Å²) in [6.45, 7) is -1.48. The number of rotatable bonds is 6. The van der Waals surface area contributed by atoms with Crippen molar-refractivity contribution in [2.75, 3.05) is 40.0 Å². The molecular formula is C11H18F2N2O5. The second-order valence-electron chi connectivity index (χ2n) is 4.50. The second-order valence-corrected chi connectivity index (χ2v) is 4.50. The Morgan fingerprint density at radius 2 is 2.05 bits per heavy atom. The highest BCUT2D eigenvalue weighted by Crippen LogP contribution is 2.20. The van der Waals surface area contributed by atoms with Gasteiger partial charge in [-0.25, -0.2) is 13.6 Å². The first-order chi connectivity index (χ1) is 9.38. The molecule has 0 radical (unpaired) electrons. The summed E-state index contributed by atoms with van der Waals surface area (Å²) in [5, 5.41) is 17.8. The lowest BCUT2D eigenvalue weighted by Crippen LogP contribution is -2.51. The molecule has 1 aliphatic heterocycles. The van der Waals surface area contributed by atoms with Crippen LogP contribution in [-0.4, -0.2) is 84.4 Å². The number of aliphatic carboxylic acids is 1. The number of carbonyl (C=O) groups excluding carboxylic acids is 1. The minimum absolute atomic E-state index is 0.0214. The van der Waals surface area contributed by atoms with Crippen molar-refractivity contribution in [3.05, 3.63) is 0 Å². The summed E-state index contributed by atoms with van der Waals surface area (Å²) in [7, 11) is 1.34. The molecule has 116 valence electrons. The molecule has 2 unspecified atom stereocenters. The third kappa shape index (κ3) is 4.01. The van der Waals surface area contributed by atoms with Crippen LogP contribution in [0.1, 0.15) is 0 Å². The molecule has 7 nitrogen and oxygen atoms in total. The van der Waals surface area contributed by atoms with Crippen molar-refractivity contribution in [3.8, 4) is 0 Å². The zero-order valence-electron chi connectivity index (χ0n) is 11.0. The van der Waals surface area contributed by atoms with Crippen LogP contribution >= 0.6 is 0 Å². The molecule has 0 aliphatic carbocycles. The Kier molecular flexibility index (Phi) is 6.08. The Bertz CT molecular complexity index is 356. The molecule has 0 aromatic heterocycles. The van der Waals surface area contributed by atoms with Crippen LogP contribution in [0.5, 0.6) is 0 Å². The van der Waals surface area contributed by atoms with E-state index in [1.165, 1.54) is 7.05 Å². The van der Waals surface area contributed by atoms with Crippen LogP contribution in [0.4, 0.5) is 13.6 Å². The van der Waals surface area contributed by atoms with Gasteiger partial charge >= 0.3 is 12.0 Å². The minimum Gasteiger partial charge on any atom is -0.481 e. The van der Waals surface area contributed by atoms with Gasteiger partial charge in [0.15, 0.2) is 0 Å². The highest BCUT2D eigenvalue weighted by molar-refractivity contribution is 5.77. The zero-order chi connectivity index (χ0) is 15.3. The average Bonchev–Trinajstić information content (AvgIpc) is 2.85. The number of alkyl halides is 2. The van der Waals surface area contributed by atoms with E-state index in [4.69, 9.17) is 14.9 Å². The SMILES string of the molecule is CN(C(=O)N(CCO)CC(F)F)C1COCC1C(=O)O. The second kappa shape index (κ2) is 7.34. The van der Waals surface area contributed by atoms with E-state index >= 15 is 0 Å². The summed E-state index contributed by atoms with van der Waals surface area (Å²) in [6.07, 6.45) is -2.73. The van der Waals surface area contributed by atoms with E-state index in [9.17, 15) is 18.4 Å². The molecule has 2 atom stereocenters. The Morgan fingerprint density at radius 1 is 1.40 bits per heavy atom. The largest absolute Gasteiger partial charge is 0.481 e. The Morgan fingerprint density at radius 3 is 2.55 bits per heavy atom. The van der Waals surface area contributed by atoms with Gasteiger partial charge in [0.1, 0.15) is 5.92 Å². The van der Waals surface area contributed by atoms with Crippen molar-refractivity contribution in [3.63, 3.8) is 0 Å². The summed E-state index contributed by atoms with van der Waals surface area (Å²) in [5.41, 5.74) is 0. The van der Waals surface area contributed by atoms with E-state index in [1.54, 1.807) is 0 Å². The summed E-state index contributed by atoms with van der Waals surface area (Å²) in [4.78, 5) is 25.0. The molecular weight excluding hydrogens is 278 g/mol. The van der Waals surface area contributed by atoms with Crippen LogP contribution in [0, 0.1) is 5.92 Å². The van der Waals surface area contributed by atoms with Gasteiger partial charge in [-0.1, -0.05) is 0 Å². The monoisotopic (exact) mass is 296 g/mol. The molecule has 0 bridgehead atoms. The van der Waals surface area contributed by atoms with Gasteiger partial charge in [-0.2, -0.15) is 0 Å². The lowest BCUT2D eigenvalue weighted by atomic mass is 10.0. The predicted molar refractivity (Wildman–Crippen MR) is 63.6 cm³/mol. The maximum absolute atomic E-state index is 12.4. The molecule has 1 saturated heterocycles. The van der Waals surface area contributed by atoms with Gasteiger partial charge in [0, 0.05) is 13.6 Å². The van der Waals surface area contributed by atoms with Crippen molar-refractivity contribution < 1.29 is 33.3 Å². The smallest absolute Gasteiger partial charge is 0.320 e. The highest BCUT2D eigenvalue weighted by atomic mass is 19.3. The average molecular weight is 296 g/mol. The number of ether oxygens (including phenoxy) is 1. The van der Waals surface area contributed by atoms with Gasteiger partial charge < -0.3 is 24.7 Å². The number of halogens is 2. The Hall–Kier alpha value is -1.48. The molecule has 9 heteroatoms. The zero-order valence-corrected chi connectivity index (χ0v) is 11.0. The van der Waals surface area contributed by atoms with Crippen molar-refractivity contribution >= 4 is 12.0 Å². The van der Waals surface area contributed by atoms with Gasteiger partial charge in [-0.3, -0.25) is 4.79 Å². The number of hydrogen-bond acceptors (Lipinski definition) is 4. The predicted octanol–water partition coefficient (Wildman–Crippen LogP) is -0.303. The maximum atomic E-state index is 12.4. The number of hydrogen-bond donors (Lipinski definition) is 2. The number of aliphatic hydroxyl groups is 1. The quantitative estimate of drug-likeness (QED) is 0.702. The minimum atomic E-state index is -2.73. The fraction of sp³-hybridized carbons (Fsp3) is 0.818. The van der Waals surface area contributed by atoms with Crippen LogP contribution in [0.15, 0.2) is 0 Å². The molecule has 20 heavy (non-hydrogen) atoms. The van der Waals surface area contributed by atoms with Crippen LogP contribution < -0.4 is 0 Å². The molecule has 1 rings (SSSR count). The molecule has 0 aromatic rings. The number of carbonyl (C=O) groups is 2. The van der Waals surface area contributed by atoms with Crippen molar-refractivity contribution in [2.24, 2.45) is 5.92 Å². The number of carboxylic acid groups (broad SMARTS) is 1. The van der Waals surface area contributed by atoms with Crippen LogP contribution in [0.2, 0.25) is 0 Å². The normalized spacial score (nSPS) is 22.1. The number of aliphatic hydroxyl groups excluding tert-OH is 1. The first-order valence-electron chi connectivity index (χ1n) is 6.09. The molecule has 1 heterocycles. The van der Waals surface area contributed by atoms with E-state index in [0.29, 0.717) is 0 Å². The summed E-state index contributed by atoms with van der Waals surface area (Å²) < 4.78 is 29.8. The first-order valence-corrected chi connectivity index (χ1v) is 6.09. The molecule has 0 saturated carbocycles. The van der Waals surface area contributed by atoms with E-state index < -0.39 is 43.5 Å². The molecule has 2 N–H and O–H groups in total. The van der Waals surface area contributed by atoms with Gasteiger partial charge in [0.2, 0.25) is 0 Å². The Labute approximate surface area is 114 Å². The number of urea groups is 1. The summed E-state index contributed by atoms with van der Waals surface area (Å²) in [6, 6.07) is -1.46. The van der Waals surface area contributed by atoms with E-state index in [0.717, 1.165) is 9.80 Å². The lowest BCUT2D eigenvalue weighted by molar-refractivity contribution is -0.142. The van der Waals surface area contributed by atoms with Crippen molar-refractivity contribution in [2.45, 2.75) is 12.5 Å². The van der Waals surface area contributed by atoms with E-state index in [-0.39, 0.29) is 19.8 Å². The standard InChI is InChI=1S/C11H18F2N2O5/c1-14(8-6-20-5-7(8)10(17)18)11(19)15(2-3-16)4-9(12)13/h7-9,16H,2-6H2,1H3,(H,17,18). The van der Waals surface area contributed by atoms with E-state index in [2.05, 4.69) is 0 Å². The fourth-order valence-corrected chi connectivity index (χ4v) is 2.08. The van der Waals surface area contributed by atoms with Crippen LogP contribution in [0.3, 0.4) is 0 Å². The van der Waals surface area contributed by atoms with Gasteiger partial charge in [0.05, 0.1) is 32.4 Å². The number of amides is 2. The molecule has 0 aromatic carbocycles. The van der Waals surface area contributed by atoms with Crippen molar-refractivity contribution in [1.82, 2.24) is 9.80 Å². The van der Waals surface area contributed by atoms with Gasteiger partial charge in [-0.05, 0) is 0 Å². The van der Waals surface area contributed by atoms with Crippen molar-refractivity contribution in [1.29, 1.82) is 0 Å². The summed E-state index contributed by atoms with van der Waals surface area (Å²) >= 11 is 0. The number of nitrogens with zero attached hydrogens (tertiary/aromatic N) is 2. The van der Waals surface area contributed by atoms with Crippen LogP contribution in [0.25, 0.3) is 0 Å². The third-order valence-corrected chi connectivity index (χ3v) is 3.17. The lowest BCUT2D eigenvalue weighted by Gasteiger charge is -2.32. The Balaban J connectivity index is 2.74. The van der Waals surface area contributed by atoms with Gasteiger partial charge in [0.25, 0.3) is 6.43 Å². The van der Waals surface area contributed by atoms with Gasteiger partial charge in [-0.15, -0.1) is 0 Å². The highest BCUT2D eigenvalue weighted by Gasteiger charge is 2.39. The third-order valence-electron chi connectivity index (χ3n) is 3.17. The topological polar surface area (TPSA) is 90.3 Å². The summed E-state index contributed by atoms with van der Waals surface area (Å²) in [5.74, 6) is -1.99.